The molecule has 2 rings (SSSR count). The summed E-state index contributed by atoms with van der Waals surface area (Å²) >= 11 is 0. The number of methoxy groups -OCH3 is 1. The van der Waals surface area contributed by atoms with E-state index in [1.54, 1.807) is 42.6 Å². The molecule has 0 bridgehead atoms. The van der Waals surface area contributed by atoms with Gasteiger partial charge >= 0.3 is 5.97 Å². The van der Waals surface area contributed by atoms with Crippen LogP contribution in [0, 0.1) is 0 Å². The molecule has 0 N–H and O–H groups in total. The lowest BCUT2D eigenvalue weighted by molar-refractivity contribution is 0.0600. The van der Waals surface area contributed by atoms with E-state index in [9.17, 15) is 9.59 Å². The van der Waals surface area contributed by atoms with Gasteiger partial charge in [0.05, 0.1) is 19.1 Å². The molecule has 2 aromatic rings. The minimum Gasteiger partial charge on any atom is -0.465 e. The van der Waals surface area contributed by atoms with Gasteiger partial charge in [0.1, 0.15) is 0 Å². The number of benzene rings is 1. The molecule has 0 unspecified atom stereocenters. The summed E-state index contributed by atoms with van der Waals surface area (Å²) in [6.07, 6.45) is 1.90. The first-order valence-electron chi connectivity index (χ1n) is 5.82. The average Bonchev–Trinajstić information content (AvgIpc) is 2.47. The molecular formula is C15H13NO3. The third-order valence-electron chi connectivity index (χ3n) is 2.70. The van der Waals surface area contributed by atoms with E-state index in [-0.39, 0.29) is 12.2 Å². The Morgan fingerprint density at radius 2 is 1.74 bits per heavy atom. The molecule has 0 fully saturated rings. The van der Waals surface area contributed by atoms with Crippen molar-refractivity contribution in [1.82, 2.24) is 4.98 Å². The zero-order valence-corrected chi connectivity index (χ0v) is 10.5. The van der Waals surface area contributed by atoms with Crippen LogP contribution in [0.25, 0.3) is 0 Å². The van der Waals surface area contributed by atoms with Crippen LogP contribution in [0.5, 0.6) is 0 Å². The SMILES string of the molecule is COC(=O)c1ccc(C(=O)Cc2ccccn2)cc1. The molecular weight excluding hydrogens is 242 g/mol. The van der Waals surface area contributed by atoms with Crippen molar-refractivity contribution >= 4 is 11.8 Å². The smallest absolute Gasteiger partial charge is 0.337 e. The number of ether oxygens (including phenoxy) is 1. The van der Waals surface area contributed by atoms with Gasteiger partial charge in [-0.15, -0.1) is 0 Å². The minimum absolute atomic E-state index is 0.0323. The van der Waals surface area contributed by atoms with E-state index in [2.05, 4.69) is 9.72 Å². The summed E-state index contributed by atoms with van der Waals surface area (Å²) in [7, 11) is 1.32. The number of aromatic nitrogens is 1. The molecule has 0 aliphatic heterocycles. The number of carbonyl (C=O) groups excluding carboxylic acids is 2. The molecule has 0 radical (unpaired) electrons. The quantitative estimate of drug-likeness (QED) is 0.621. The zero-order chi connectivity index (χ0) is 13.7. The number of ketones is 1. The standard InChI is InChI=1S/C15H13NO3/c1-19-15(18)12-7-5-11(6-8-12)14(17)10-13-4-2-3-9-16-13/h2-9H,10H2,1H3. The largest absolute Gasteiger partial charge is 0.465 e. The average molecular weight is 255 g/mol. The van der Waals surface area contributed by atoms with Gasteiger partial charge in [0.25, 0.3) is 0 Å². The Hall–Kier alpha value is -2.49. The Bertz CT molecular complexity index is 576. The van der Waals surface area contributed by atoms with Crippen molar-refractivity contribution in [3.63, 3.8) is 0 Å². The molecule has 19 heavy (non-hydrogen) atoms. The molecule has 0 saturated heterocycles. The normalized spacial score (nSPS) is 9.95. The van der Waals surface area contributed by atoms with Gasteiger partial charge in [0.2, 0.25) is 0 Å². The highest BCUT2D eigenvalue weighted by molar-refractivity contribution is 5.98. The van der Waals surface area contributed by atoms with E-state index in [1.807, 2.05) is 6.07 Å². The molecule has 0 aliphatic carbocycles. The lowest BCUT2D eigenvalue weighted by atomic mass is 10.0. The maximum Gasteiger partial charge on any atom is 0.337 e. The molecule has 0 saturated carbocycles. The van der Waals surface area contributed by atoms with Crippen LogP contribution in [0.1, 0.15) is 26.4 Å². The van der Waals surface area contributed by atoms with Gasteiger partial charge in [-0.25, -0.2) is 4.79 Å². The Labute approximate surface area is 111 Å². The first-order chi connectivity index (χ1) is 9.20. The van der Waals surface area contributed by atoms with Gasteiger partial charge < -0.3 is 4.74 Å². The van der Waals surface area contributed by atoms with Crippen molar-refractivity contribution in [1.29, 1.82) is 0 Å². The van der Waals surface area contributed by atoms with Crippen LogP contribution in [0.3, 0.4) is 0 Å². The number of hydrogen-bond donors (Lipinski definition) is 0. The fraction of sp³-hybridized carbons (Fsp3) is 0.133. The van der Waals surface area contributed by atoms with E-state index in [0.29, 0.717) is 11.1 Å². The fourth-order valence-corrected chi connectivity index (χ4v) is 1.68. The van der Waals surface area contributed by atoms with Gasteiger partial charge in [0, 0.05) is 17.5 Å². The molecule has 1 aromatic carbocycles. The molecule has 0 aliphatic rings. The Kier molecular flexibility index (Phi) is 4.03. The molecule has 4 heteroatoms. The van der Waals surface area contributed by atoms with Crippen LogP contribution in [-0.4, -0.2) is 23.8 Å². The summed E-state index contributed by atoms with van der Waals surface area (Å²) in [6.45, 7) is 0. The maximum absolute atomic E-state index is 12.0. The van der Waals surface area contributed by atoms with E-state index in [4.69, 9.17) is 0 Å². The van der Waals surface area contributed by atoms with Crippen LogP contribution >= 0.6 is 0 Å². The molecule has 4 nitrogen and oxygen atoms in total. The van der Waals surface area contributed by atoms with Crippen molar-refractivity contribution in [2.24, 2.45) is 0 Å². The van der Waals surface area contributed by atoms with Crippen LogP contribution in [0.2, 0.25) is 0 Å². The first kappa shape index (κ1) is 13.0. The maximum atomic E-state index is 12.0. The highest BCUT2D eigenvalue weighted by atomic mass is 16.5. The van der Waals surface area contributed by atoms with Crippen molar-refractivity contribution in [3.8, 4) is 0 Å². The summed E-state index contributed by atoms with van der Waals surface area (Å²) in [5, 5.41) is 0. The monoisotopic (exact) mass is 255 g/mol. The van der Waals surface area contributed by atoms with Crippen molar-refractivity contribution in [2.75, 3.05) is 7.11 Å². The molecule has 0 spiro atoms. The van der Waals surface area contributed by atoms with Crippen molar-refractivity contribution < 1.29 is 14.3 Å². The van der Waals surface area contributed by atoms with Crippen LogP contribution in [0.4, 0.5) is 0 Å². The minimum atomic E-state index is -0.413. The number of esters is 1. The second-order valence-electron chi connectivity index (χ2n) is 3.99. The molecule has 0 amide bonds. The van der Waals surface area contributed by atoms with Gasteiger partial charge in [-0.3, -0.25) is 9.78 Å². The van der Waals surface area contributed by atoms with E-state index < -0.39 is 5.97 Å². The number of pyridine rings is 1. The fourth-order valence-electron chi connectivity index (χ4n) is 1.68. The number of hydrogen-bond acceptors (Lipinski definition) is 4. The topological polar surface area (TPSA) is 56.3 Å². The summed E-state index contributed by atoms with van der Waals surface area (Å²) in [4.78, 5) is 27.4. The van der Waals surface area contributed by atoms with Gasteiger partial charge in [-0.05, 0) is 24.3 Å². The highest BCUT2D eigenvalue weighted by Crippen LogP contribution is 2.09. The zero-order valence-electron chi connectivity index (χ0n) is 10.5. The third-order valence-corrected chi connectivity index (χ3v) is 2.70. The molecule has 1 aromatic heterocycles. The Morgan fingerprint density at radius 1 is 1.05 bits per heavy atom. The highest BCUT2D eigenvalue weighted by Gasteiger charge is 2.10. The first-order valence-corrected chi connectivity index (χ1v) is 5.82. The molecule has 1 heterocycles. The summed E-state index contributed by atoms with van der Waals surface area (Å²) < 4.78 is 4.60. The van der Waals surface area contributed by atoms with Crippen LogP contribution < -0.4 is 0 Å². The molecule has 0 atom stereocenters. The summed E-state index contributed by atoms with van der Waals surface area (Å²) in [5.74, 6) is -0.446. The second-order valence-corrected chi connectivity index (χ2v) is 3.99. The lowest BCUT2D eigenvalue weighted by Crippen LogP contribution is -2.06. The predicted molar refractivity (Wildman–Crippen MR) is 70.1 cm³/mol. The van der Waals surface area contributed by atoms with Crippen LogP contribution in [0.15, 0.2) is 48.7 Å². The number of carbonyl (C=O) groups is 2. The number of nitrogens with zero attached hydrogens (tertiary/aromatic N) is 1. The second kappa shape index (κ2) is 5.91. The molecule has 96 valence electrons. The third kappa shape index (κ3) is 3.25. The predicted octanol–water partition coefficient (Wildman–Crippen LogP) is 2.29. The van der Waals surface area contributed by atoms with Crippen LogP contribution in [-0.2, 0) is 11.2 Å². The van der Waals surface area contributed by atoms with Crippen molar-refractivity contribution in [2.45, 2.75) is 6.42 Å². The Morgan fingerprint density at radius 3 is 2.32 bits per heavy atom. The van der Waals surface area contributed by atoms with E-state index in [0.717, 1.165) is 5.69 Å². The van der Waals surface area contributed by atoms with Gasteiger partial charge in [-0.2, -0.15) is 0 Å². The lowest BCUT2D eigenvalue weighted by Gasteiger charge is -2.02. The summed E-state index contributed by atoms with van der Waals surface area (Å²) in [5.41, 5.74) is 1.71. The number of Topliss-reactive ketones (excluding diaryl/α,β-unsaturated/α-hetero) is 1. The van der Waals surface area contributed by atoms with Crippen molar-refractivity contribution in [3.05, 3.63) is 65.5 Å². The van der Waals surface area contributed by atoms with E-state index in [1.165, 1.54) is 7.11 Å². The number of rotatable bonds is 4. The Balaban J connectivity index is 2.10. The van der Waals surface area contributed by atoms with Gasteiger partial charge in [-0.1, -0.05) is 18.2 Å². The van der Waals surface area contributed by atoms with Gasteiger partial charge in [0.15, 0.2) is 5.78 Å². The van der Waals surface area contributed by atoms with E-state index >= 15 is 0 Å². The summed E-state index contributed by atoms with van der Waals surface area (Å²) in [6, 6.07) is 11.9.